The van der Waals surface area contributed by atoms with Crippen LogP contribution in [-0.4, -0.2) is 17.2 Å². The van der Waals surface area contributed by atoms with Crippen LogP contribution in [0.3, 0.4) is 0 Å². The fraction of sp³-hybridized carbons (Fsp3) is 0.462. The molecule has 1 aromatic carbocycles. The molecular formula is C13H16FNO3. The summed E-state index contributed by atoms with van der Waals surface area (Å²) < 4.78 is 19.2. The predicted molar refractivity (Wildman–Crippen MR) is 65.3 cm³/mol. The quantitative estimate of drug-likeness (QED) is 0.812. The smallest absolute Gasteiger partial charge is 0.337 e. The van der Waals surface area contributed by atoms with E-state index in [1.54, 1.807) is 0 Å². The van der Waals surface area contributed by atoms with Crippen LogP contribution >= 0.6 is 0 Å². The van der Waals surface area contributed by atoms with Gasteiger partial charge in [0.15, 0.2) is 11.6 Å². The Labute approximate surface area is 105 Å². The van der Waals surface area contributed by atoms with Crippen molar-refractivity contribution in [2.24, 2.45) is 0 Å². The predicted octanol–water partition coefficient (Wildman–Crippen LogP) is 2.82. The second kappa shape index (κ2) is 5.25. The highest BCUT2D eigenvalue weighted by Gasteiger charge is 2.19. The van der Waals surface area contributed by atoms with Crippen LogP contribution in [0.25, 0.3) is 0 Å². The van der Waals surface area contributed by atoms with Crippen molar-refractivity contribution in [3.63, 3.8) is 0 Å². The first-order valence-corrected chi connectivity index (χ1v) is 6.07. The van der Waals surface area contributed by atoms with E-state index in [4.69, 9.17) is 15.6 Å². The number of hydrogen-bond acceptors (Lipinski definition) is 3. The molecule has 3 N–H and O–H groups in total. The first-order chi connectivity index (χ1) is 8.58. The molecule has 2 rings (SSSR count). The molecule has 0 amide bonds. The number of aromatic carboxylic acids is 1. The van der Waals surface area contributed by atoms with Crippen molar-refractivity contribution in [1.29, 1.82) is 0 Å². The zero-order chi connectivity index (χ0) is 13.1. The first-order valence-electron chi connectivity index (χ1n) is 6.07. The van der Waals surface area contributed by atoms with Crippen molar-refractivity contribution < 1.29 is 19.0 Å². The Balaban J connectivity index is 2.21. The van der Waals surface area contributed by atoms with E-state index in [0.29, 0.717) is 0 Å². The summed E-state index contributed by atoms with van der Waals surface area (Å²) in [6.45, 7) is 0. The molecule has 0 spiro atoms. The fourth-order valence-electron chi connectivity index (χ4n) is 2.21. The SMILES string of the molecule is Nc1cc(F)c(OC2CCCCC2)cc1C(=O)O. The average Bonchev–Trinajstić information content (AvgIpc) is 2.33. The maximum Gasteiger partial charge on any atom is 0.337 e. The number of anilines is 1. The zero-order valence-corrected chi connectivity index (χ0v) is 9.99. The molecule has 0 heterocycles. The Hall–Kier alpha value is -1.78. The number of benzene rings is 1. The van der Waals surface area contributed by atoms with Crippen molar-refractivity contribution in [3.8, 4) is 5.75 Å². The summed E-state index contributed by atoms with van der Waals surface area (Å²) in [6.07, 6.45) is 5.03. The molecule has 1 saturated carbocycles. The monoisotopic (exact) mass is 253 g/mol. The lowest BCUT2D eigenvalue weighted by atomic mass is 9.98. The van der Waals surface area contributed by atoms with E-state index in [1.807, 2.05) is 0 Å². The van der Waals surface area contributed by atoms with E-state index in [9.17, 15) is 9.18 Å². The third-order valence-electron chi connectivity index (χ3n) is 3.18. The van der Waals surface area contributed by atoms with Crippen molar-refractivity contribution in [3.05, 3.63) is 23.5 Å². The molecule has 0 radical (unpaired) electrons. The summed E-state index contributed by atoms with van der Waals surface area (Å²) in [5.41, 5.74) is 5.24. The third kappa shape index (κ3) is 2.72. The minimum Gasteiger partial charge on any atom is -0.487 e. The highest BCUT2D eigenvalue weighted by Crippen LogP contribution is 2.28. The summed E-state index contributed by atoms with van der Waals surface area (Å²) in [5.74, 6) is -1.81. The normalized spacial score (nSPS) is 16.5. The van der Waals surface area contributed by atoms with Gasteiger partial charge < -0.3 is 15.6 Å². The molecule has 0 unspecified atom stereocenters. The zero-order valence-electron chi connectivity index (χ0n) is 9.99. The molecule has 4 nitrogen and oxygen atoms in total. The maximum atomic E-state index is 13.7. The van der Waals surface area contributed by atoms with E-state index in [2.05, 4.69) is 0 Å². The van der Waals surface area contributed by atoms with Gasteiger partial charge in [-0.05, 0) is 31.7 Å². The lowest BCUT2D eigenvalue weighted by Gasteiger charge is -2.23. The molecule has 1 aliphatic rings. The van der Waals surface area contributed by atoms with E-state index in [-0.39, 0.29) is 23.1 Å². The van der Waals surface area contributed by atoms with Gasteiger partial charge in [0.2, 0.25) is 0 Å². The number of carboxylic acids is 1. The van der Waals surface area contributed by atoms with E-state index >= 15 is 0 Å². The van der Waals surface area contributed by atoms with Gasteiger partial charge in [-0.25, -0.2) is 9.18 Å². The van der Waals surface area contributed by atoms with Crippen molar-refractivity contribution in [1.82, 2.24) is 0 Å². The summed E-state index contributed by atoms with van der Waals surface area (Å²) in [5, 5.41) is 8.93. The van der Waals surface area contributed by atoms with Crippen molar-refractivity contribution in [2.45, 2.75) is 38.2 Å². The summed E-state index contributed by atoms with van der Waals surface area (Å²) in [6, 6.07) is 2.17. The number of halogens is 1. The van der Waals surface area contributed by atoms with Gasteiger partial charge in [0.25, 0.3) is 0 Å². The van der Waals surface area contributed by atoms with Gasteiger partial charge in [0, 0.05) is 11.8 Å². The second-order valence-electron chi connectivity index (χ2n) is 4.55. The maximum absolute atomic E-state index is 13.7. The number of hydrogen-bond donors (Lipinski definition) is 2. The molecule has 5 heteroatoms. The standard InChI is InChI=1S/C13H16FNO3/c14-10-7-11(15)9(13(16)17)6-12(10)18-8-4-2-1-3-5-8/h6-8H,1-5,15H2,(H,16,17). The number of rotatable bonds is 3. The average molecular weight is 253 g/mol. The van der Waals surface area contributed by atoms with Crippen LogP contribution in [0.4, 0.5) is 10.1 Å². The van der Waals surface area contributed by atoms with E-state index < -0.39 is 11.8 Å². The van der Waals surface area contributed by atoms with Gasteiger partial charge in [0.1, 0.15) is 0 Å². The van der Waals surface area contributed by atoms with Crippen LogP contribution in [-0.2, 0) is 0 Å². The Kier molecular flexibility index (Phi) is 3.69. The highest BCUT2D eigenvalue weighted by atomic mass is 19.1. The highest BCUT2D eigenvalue weighted by molar-refractivity contribution is 5.94. The largest absolute Gasteiger partial charge is 0.487 e. The Bertz CT molecular complexity index is 456. The van der Waals surface area contributed by atoms with Crippen molar-refractivity contribution in [2.75, 3.05) is 5.73 Å². The van der Waals surface area contributed by atoms with Crippen LogP contribution in [0.15, 0.2) is 12.1 Å². The molecule has 1 aliphatic carbocycles. The molecule has 1 fully saturated rings. The van der Waals surface area contributed by atoms with Gasteiger partial charge >= 0.3 is 5.97 Å². The lowest BCUT2D eigenvalue weighted by Crippen LogP contribution is -2.20. The van der Waals surface area contributed by atoms with Crippen LogP contribution in [0.2, 0.25) is 0 Å². The lowest BCUT2D eigenvalue weighted by molar-refractivity contribution is 0.0696. The Morgan fingerprint density at radius 3 is 2.61 bits per heavy atom. The summed E-state index contributed by atoms with van der Waals surface area (Å²) >= 11 is 0. The number of ether oxygens (including phenoxy) is 1. The van der Waals surface area contributed by atoms with Crippen molar-refractivity contribution >= 4 is 11.7 Å². The molecule has 18 heavy (non-hydrogen) atoms. The van der Waals surface area contributed by atoms with Gasteiger partial charge in [-0.15, -0.1) is 0 Å². The molecule has 0 saturated heterocycles. The molecule has 0 aliphatic heterocycles. The summed E-state index contributed by atoms with van der Waals surface area (Å²) in [4.78, 5) is 10.9. The molecule has 0 bridgehead atoms. The topological polar surface area (TPSA) is 72.5 Å². The molecule has 1 aromatic rings. The van der Waals surface area contributed by atoms with E-state index in [0.717, 1.165) is 31.7 Å². The van der Waals surface area contributed by atoms with Crippen LogP contribution in [0, 0.1) is 5.82 Å². The number of carboxylic acid groups (broad SMARTS) is 1. The molecule has 0 atom stereocenters. The van der Waals surface area contributed by atoms with Crippen LogP contribution in [0.1, 0.15) is 42.5 Å². The van der Waals surface area contributed by atoms with Crippen LogP contribution in [0.5, 0.6) is 5.75 Å². The second-order valence-corrected chi connectivity index (χ2v) is 4.55. The fourth-order valence-corrected chi connectivity index (χ4v) is 2.21. The minimum atomic E-state index is -1.18. The van der Waals surface area contributed by atoms with Gasteiger partial charge in [-0.2, -0.15) is 0 Å². The third-order valence-corrected chi connectivity index (χ3v) is 3.18. The first kappa shape index (κ1) is 12.7. The van der Waals surface area contributed by atoms with Gasteiger partial charge in [-0.3, -0.25) is 0 Å². The number of nitrogen functional groups attached to an aromatic ring is 1. The molecule has 98 valence electrons. The Morgan fingerprint density at radius 1 is 1.33 bits per heavy atom. The van der Waals surface area contributed by atoms with E-state index in [1.165, 1.54) is 12.5 Å². The number of nitrogens with two attached hydrogens (primary N) is 1. The molecular weight excluding hydrogens is 237 g/mol. The Morgan fingerprint density at radius 2 is 2.00 bits per heavy atom. The van der Waals surface area contributed by atoms with Crippen LogP contribution < -0.4 is 10.5 Å². The minimum absolute atomic E-state index is 0.0199. The summed E-state index contributed by atoms with van der Waals surface area (Å²) in [7, 11) is 0. The van der Waals surface area contributed by atoms with Gasteiger partial charge in [-0.1, -0.05) is 6.42 Å². The number of carbonyl (C=O) groups is 1. The van der Waals surface area contributed by atoms with Gasteiger partial charge in [0.05, 0.1) is 11.7 Å². The molecule has 0 aromatic heterocycles.